The smallest absolute Gasteiger partial charge is 0.335 e. The van der Waals surface area contributed by atoms with Gasteiger partial charge in [-0.05, 0) is 20.3 Å². The van der Waals surface area contributed by atoms with Gasteiger partial charge < -0.3 is 14.2 Å². The predicted octanol–water partition coefficient (Wildman–Crippen LogP) is 1.60. The molecule has 1 fully saturated rings. The van der Waals surface area contributed by atoms with Gasteiger partial charge in [0.15, 0.2) is 5.79 Å². The lowest BCUT2D eigenvalue weighted by Gasteiger charge is -2.20. The zero-order chi connectivity index (χ0) is 10.8. The van der Waals surface area contributed by atoms with Crippen molar-refractivity contribution < 1.29 is 19.0 Å². The highest BCUT2D eigenvalue weighted by atomic mass is 16.8. The molecular weight excluding hydrogens is 184 g/mol. The van der Waals surface area contributed by atoms with Crippen LogP contribution in [0.25, 0.3) is 0 Å². The Bertz CT molecular complexity index is 249. The minimum Gasteiger partial charge on any atom is -0.430 e. The van der Waals surface area contributed by atoms with Gasteiger partial charge >= 0.3 is 5.97 Å². The van der Waals surface area contributed by atoms with E-state index in [4.69, 9.17) is 14.2 Å². The summed E-state index contributed by atoms with van der Waals surface area (Å²) in [6.07, 6.45) is 0.109. The maximum absolute atomic E-state index is 11.1. The molecule has 1 saturated heterocycles. The molecule has 4 nitrogen and oxygen atoms in total. The molecule has 2 atom stereocenters. The van der Waals surface area contributed by atoms with Crippen LogP contribution in [-0.2, 0) is 19.0 Å². The number of hydrogen-bond acceptors (Lipinski definition) is 4. The Kier molecular flexibility index (Phi) is 3.29. The van der Waals surface area contributed by atoms with Crippen molar-refractivity contribution in [3.05, 3.63) is 12.2 Å². The van der Waals surface area contributed by atoms with Crippen molar-refractivity contribution in [1.82, 2.24) is 0 Å². The number of carbonyl (C=O) groups excluding carboxylic acids is 1. The number of rotatable bonds is 3. The summed E-state index contributed by atoms with van der Waals surface area (Å²) in [7, 11) is 0. The molecule has 0 aromatic rings. The van der Waals surface area contributed by atoms with Crippen molar-refractivity contribution in [3.63, 3.8) is 0 Å². The molecule has 80 valence electrons. The predicted molar refractivity (Wildman–Crippen MR) is 50.4 cm³/mol. The summed E-state index contributed by atoms with van der Waals surface area (Å²) in [6.45, 7) is 9.13. The summed E-state index contributed by atoms with van der Waals surface area (Å²) in [4.78, 5) is 11.1. The van der Waals surface area contributed by atoms with Gasteiger partial charge in [0, 0.05) is 5.57 Å². The van der Waals surface area contributed by atoms with Crippen molar-refractivity contribution in [2.24, 2.45) is 0 Å². The average molecular weight is 200 g/mol. The first-order valence-electron chi connectivity index (χ1n) is 4.65. The summed E-state index contributed by atoms with van der Waals surface area (Å²) in [5, 5.41) is 0. The fourth-order valence-corrected chi connectivity index (χ4v) is 1.05. The van der Waals surface area contributed by atoms with E-state index in [1.54, 1.807) is 6.92 Å². The van der Waals surface area contributed by atoms with Crippen molar-refractivity contribution in [2.45, 2.75) is 39.3 Å². The van der Waals surface area contributed by atoms with E-state index in [1.165, 1.54) is 0 Å². The highest BCUT2D eigenvalue weighted by Gasteiger charge is 2.37. The highest BCUT2D eigenvalue weighted by Crippen LogP contribution is 2.26. The summed E-state index contributed by atoms with van der Waals surface area (Å²) in [5.74, 6) is -1.07. The minimum absolute atomic E-state index is 0.281. The molecule has 0 aromatic heterocycles. The Labute approximate surface area is 83.8 Å². The SMILES string of the molecule is C=C(C)C(=O)OC1COC(C)(CC)O1. The molecule has 1 aliphatic heterocycles. The Hall–Kier alpha value is -0.870. The maximum atomic E-state index is 11.1. The first-order chi connectivity index (χ1) is 6.47. The van der Waals surface area contributed by atoms with Gasteiger partial charge in [-0.15, -0.1) is 0 Å². The highest BCUT2D eigenvalue weighted by molar-refractivity contribution is 5.87. The van der Waals surface area contributed by atoms with Crippen LogP contribution in [0.5, 0.6) is 0 Å². The first-order valence-corrected chi connectivity index (χ1v) is 4.65. The van der Waals surface area contributed by atoms with E-state index in [2.05, 4.69) is 6.58 Å². The van der Waals surface area contributed by atoms with Gasteiger partial charge in [0.1, 0.15) is 6.61 Å². The molecule has 2 unspecified atom stereocenters. The Morgan fingerprint density at radius 1 is 1.71 bits per heavy atom. The Morgan fingerprint density at radius 3 is 2.79 bits per heavy atom. The lowest BCUT2D eigenvalue weighted by atomic mass is 10.2. The molecule has 4 heteroatoms. The summed E-state index contributed by atoms with van der Waals surface area (Å²) >= 11 is 0. The van der Waals surface area contributed by atoms with E-state index in [0.29, 0.717) is 12.0 Å². The first kappa shape index (κ1) is 11.2. The third kappa shape index (κ3) is 2.56. The molecule has 0 aliphatic carbocycles. The number of esters is 1. The van der Waals surface area contributed by atoms with Crippen LogP contribution in [0.15, 0.2) is 12.2 Å². The van der Waals surface area contributed by atoms with Crippen molar-refractivity contribution in [1.29, 1.82) is 0 Å². The molecule has 0 bridgehead atoms. The van der Waals surface area contributed by atoms with Crippen LogP contribution in [0.1, 0.15) is 27.2 Å². The van der Waals surface area contributed by atoms with Crippen LogP contribution in [-0.4, -0.2) is 24.7 Å². The van der Waals surface area contributed by atoms with E-state index in [0.717, 1.165) is 0 Å². The van der Waals surface area contributed by atoms with Gasteiger partial charge in [-0.1, -0.05) is 13.5 Å². The van der Waals surface area contributed by atoms with E-state index in [9.17, 15) is 4.79 Å². The summed E-state index contributed by atoms with van der Waals surface area (Å²) < 4.78 is 15.8. The second kappa shape index (κ2) is 4.11. The fraction of sp³-hybridized carbons (Fsp3) is 0.700. The fourth-order valence-electron chi connectivity index (χ4n) is 1.05. The summed E-state index contributed by atoms with van der Waals surface area (Å²) in [6, 6.07) is 0. The van der Waals surface area contributed by atoms with Crippen LogP contribution < -0.4 is 0 Å². The van der Waals surface area contributed by atoms with Crippen molar-refractivity contribution in [2.75, 3.05) is 6.61 Å². The second-order valence-corrected chi connectivity index (χ2v) is 3.53. The number of carbonyl (C=O) groups is 1. The molecule has 0 radical (unpaired) electrons. The number of ether oxygens (including phenoxy) is 3. The third-order valence-electron chi connectivity index (χ3n) is 2.13. The number of hydrogen-bond donors (Lipinski definition) is 0. The largest absolute Gasteiger partial charge is 0.430 e. The van der Waals surface area contributed by atoms with Gasteiger partial charge in [-0.2, -0.15) is 0 Å². The van der Waals surface area contributed by atoms with Crippen LogP contribution in [0.3, 0.4) is 0 Å². The second-order valence-electron chi connectivity index (χ2n) is 3.53. The lowest BCUT2D eigenvalue weighted by molar-refractivity contribution is -0.203. The molecule has 1 rings (SSSR count). The van der Waals surface area contributed by atoms with Crippen LogP contribution in [0.2, 0.25) is 0 Å². The Balaban J connectivity index is 2.44. The average Bonchev–Trinajstić information content (AvgIpc) is 2.48. The van der Waals surface area contributed by atoms with Gasteiger partial charge in [0.05, 0.1) is 0 Å². The normalized spacial score (nSPS) is 31.5. The quantitative estimate of drug-likeness (QED) is 0.513. The lowest BCUT2D eigenvalue weighted by Crippen LogP contribution is -2.27. The maximum Gasteiger partial charge on any atom is 0.335 e. The van der Waals surface area contributed by atoms with E-state index in [-0.39, 0.29) is 6.61 Å². The standard InChI is InChI=1S/C10H16O4/c1-5-10(4)12-6-8(14-10)13-9(11)7(2)3/h8H,2,5-6H2,1,3-4H3. The van der Waals surface area contributed by atoms with Crippen LogP contribution >= 0.6 is 0 Å². The summed E-state index contributed by atoms with van der Waals surface area (Å²) in [5.41, 5.74) is 0.360. The Morgan fingerprint density at radius 2 is 2.36 bits per heavy atom. The molecule has 0 saturated carbocycles. The zero-order valence-electron chi connectivity index (χ0n) is 8.83. The van der Waals surface area contributed by atoms with Gasteiger partial charge in [-0.3, -0.25) is 0 Å². The molecule has 14 heavy (non-hydrogen) atoms. The van der Waals surface area contributed by atoms with Crippen LogP contribution in [0.4, 0.5) is 0 Å². The molecule has 0 N–H and O–H groups in total. The molecule has 0 spiro atoms. The third-order valence-corrected chi connectivity index (χ3v) is 2.13. The van der Waals surface area contributed by atoms with E-state index in [1.807, 2.05) is 13.8 Å². The van der Waals surface area contributed by atoms with E-state index >= 15 is 0 Å². The van der Waals surface area contributed by atoms with Crippen LogP contribution in [0, 0.1) is 0 Å². The van der Waals surface area contributed by atoms with Gasteiger partial charge in [0.25, 0.3) is 0 Å². The molecular formula is C10H16O4. The van der Waals surface area contributed by atoms with Crippen molar-refractivity contribution in [3.8, 4) is 0 Å². The van der Waals surface area contributed by atoms with E-state index < -0.39 is 18.0 Å². The molecule has 0 amide bonds. The topological polar surface area (TPSA) is 44.8 Å². The monoisotopic (exact) mass is 200 g/mol. The minimum atomic E-state index is -0.625. The zero-order valence-corrected chi connectivity index (χ0v) is 8.83. The van der Waals surface area contributed by atoms with Crippen molar-refractivity contribution >= 4 is 5.97 Å². The van der Waals surface area contributed by atoms with Gasteiger partial charge in [-0.25, -0.2) is 4.79 Å². The molecule has 1 heterocycles. The molecule has 1 aliphatic rings. The van der Waals surface area contributed by atoms with Gasteiger partial charge in [0.2, 0.25) is 6.29 Å². The molecule has 0 aromatic carbocycles.